The Morgan fingerprint density at radius 3 is 2.30 bits per heavy atom. The van der Waals surface area contributed by atoms with Gasteiger partial charge >= 0.3 is 0 Å². The van der Waals surface area contributed by atoms with E-state index in [-0.39, 0.29) is 54.3 Å². The van der Waals surface area contributed by atoms with Crippen LogP contribution in [0.3, 0.4) is 0 Å². The molecule has 3 aromatic carbocycles. The van der Waals surface area contributed by atoms with Crippen LogP contribution >= 0.6 is 11.6 Å². The van der Waals surface area contributed by atoms with Crippen molar-refractivity contribution in [2.45, 2.75) is 69.6 Å². The van der Waals surface area contributed by atoms with Crippen LogP contribution in [0.25, 0.3) is 27.5 Å². The molecule has 8 rings (SSSR count). The van der Waals surface area contributed by atoms with Gasteiger partial charge in [-0.1, -0.05) is 11.6 Å². The number of hydrogen-bond acceptors (Lipinski definition) is 9. The fourth-order valence-corrected chi connectivity index (χ4v) is 9.18. The van der Waals surface area contributed by atoms with Crippen molar-refractivity contribution in [2.75, 3.05) is 35.9 Å². The number of halogens is 9. The lowest BCUT2D eigenvalue weighted by Crippen LogP contribution is -2.38. The standard InChI is InChI=1S/C40H37ClF7N9O5S.FH/c1-20(42)32-17-29(37(47)48)51-55(32)19-34(58)49-30(14-21-12-22(43)15-23(44)13-21)39-50-28-16-24(54-8-10-62-11-9-54)2-5-26(28)40(59)57(39)31-7-6-27(41)35-36(31)56(18-33(45)46)52-38(35)53-63(60,61)25-3-4-25;/h2,5-7,12-13,15-17,20,25,30,33,37H,3-4,8-11,14,18-19H2,1H3,(H,49,58)(H,52,53);1H/t20?,30-;/m0./s1. The topological polar surface area (TPSA) is 158 Å². The van der Waals surface area contributed by atoms with Gasteiger partial charge in [-0.3, -0.25) is 32.9 Å². The van der Waals surface area contributed by atoms with Gasteiger partial charge in [0.15, 0.2) is 5.82 Å². The predicted octanol–water partition coefficient (Wildman–Crippen LogP) is 7.09. The highest BCUT2D eigenvalue weighted by molar-refractivity contribution is 7.93. The van der Waals surface area contributed by atoms with Crippen molar-refractivity contribution in [1.82, 2.24) is 34.4 Å². The first kappa shape index (κ1) is 46.2. The van der Waals surface area contributed by atoms with E-state index in [9.17, 15) is 43.9 Å². The molecule has 342 valence electrons. The zero-order chi connectivity index (χ0) is 44.9. The highest BCUT2D eigenvalue weighted by Gasteiger charge is 2.37. The molecular formula is C40H38ClF8N9O5S. The molecule has 3 aromatic heterocycles. The van der Waals surface area contributed by atoms with Crippen LogP contribution in [0, 0.1) is 11.6 Å². The molecule has 4 heterocycles. The number of alkyl halides is 5. The summed E-state index contributed by atoms with van der Waals surface area (Å²) >= 11 is 6.66. The second-order valence-corrected chi connectivity index (χ2v) is 17.5. The number of nitrogens with zero attached hydrogens (tertiary/aromatic N) is 7. The summed E-state index contributed by atoms with van der Waals surface area (Å²) in [6.45, 7) is 0.898. The number of morpholine rings is 1. The minimum absolute atomic E-state index is 0. The van der Waals surface area contributed by atoms with Gasteiger partial charge in [0.05, 0.1) is 62.7 Å². The van der Waals surface area contributed by atoms with E-state index in [1.165, 1.54) is 18.2 Å². The average Bonchev–Trinajstić information content (AvgIpc) is 3.92. The van der Waals surface area contributed by atoms with E-state index in [0.29, 0.717) is 50.9 Å². The molecule has 0 bridgehead atoms. The number of aromatic nitrogens is 6. The van der Waals surface area contributed by atoms with Crippen molar-refractivity contribution in [2.24, 2.45) is 0 Å². The van der Waals surface area contributed by atoms with E-state index < -0.39 is 94.5 Å². The Hall–Kier alpha value is -5.81. The van der Waals surface area contributed by atoms with Crippen LogP contribution in [0.4, 0.5) is 46.9 Å². The van der Waals surface area contributed by atoms with E-state index >= 15 is 4.79 Å². The number of fused-ring (bicyclic) bond motifs is 2. The van der Waals surface area contributed by atoms with E-state index in [1.54, 1.807) is 12.1 Å². The third kappa shape index (κ3) is 9.50. The summed E-state index contributed by atoms with van der Waals surface area (Å²) in [4.78, 5) is 35.9. The molecule has 14 nitrogen and oxygen atoms in total. The van der Waals surface area contributed by atoms with E-state index in [1.807, 2.05) is 4.90 Å². The Morgan fingerprint density at radius 1 is 0.953 bits per heavy atom. The summed E-state index contributed by atoms with van der Waals surface area (Å²) in [6.07, 6.45) is -7.81. The quantitative estimate of drug-likeness (QED) is 0.103. The van der Waals surface area contributed by atoms with Crippen molar-refractivity contribution in [1.29, 1.82) is 0 Å². The number of anilines is 2. The van der Waals surface area contributed by atoms with Crippen LogP contribution in [-0.4, -0.2) is 81.4 Å². The van der Waals surface area contributed by atoms with Crippen LogP contribution in [0.1, 0.15) is 61.2 Å². The van der Waals surface area contributed by atoms with Crippen LogP contribution in [-0.2, 0) is 39.1 Å². The third-order valence-electron chi connectivity index (χ3n) is 10.6. The SMILES string of the molecule is CC(F)c1cc(C(F)F)nn1CC(=O)N[C@@H](Cc1cc(F)cc(F)c1)c1nc2cc(N3CCOCC3)ccc2c(=O)n1-c1ccc(Cl)c2c(NS(=O)(=O)C3CC3)nn(CC(F)F)c12.F. The smallest absolute Gasteiger partial charge is 0.282 e. The van der Waals surface area contributed by atoms with Gasteiger partial charge in [0.1, 0.15) is 42.4 Å². The molecule has 2 fully saturated rings. The van der Waals surface area contributed by atoms with Crippen molar-refractivity contribution in [3.05, 3.63) is 104 Å². The van der Waals surface area contributed by atoms with Gasteiger partial charge in [0.2, 0.25) is 15.9 Å². The van der Waals surface area contributed by atoms with Crippen molar-refractivity contribution >= 4 is 60.8 Å². The summed E-state index contributed by atoms with van der Waals surface area (Å²) in [6, 6.07) is 9.09. The molecule has 64 heavy (non-hydrogen) atoms. The van der Waals surface area contributed by atoms with Gasteiger partial charge < -0.3 is 15.0 Å². The van der Waals surface area contributed by atoms with E-state index in [4.69, 9.17) is 21.3 Å². The Bertz CT molecular complexity index is 2880. The Kier molecular flexibility index (Phi) is 13.2. The first-order valence-electron chi connectivity index (χ1n) is 19.6. The summed E-state index contributed by atoms with van der Waals surface area (Å²) in [5, 5.41) is 9.47. The van der Waals surface area contributed by atoms with E-state index in [0.717, 1.165) is 39.1 Å². The fourth-order valence-electron chi connectivity index (χ4n) is 7.60. The van der Waals surface area contributed by atoms with Crippen LogP contribution in [0.5, 0.6) is 0 Å². The molecule has 1 aliphatic carbocycles. The molecule has 1 amide bonds. The molecule has 2 atom stereocenters. The number of nitrogens with one attached hydrogen (secondary N) is 2. The summed E-state index contributed by atoms with van der Waals surface area (Å²) in [5.41, 5.74) is -1.80. The number of rotatable bonds is 15. The molecule has 1 saturated heterocycles. The summed E-state index contributed by atoms with van der Waals surface area (Å²) in [7, 11) is -4.05. The number of ether oxygens (including phenoxy) is 1. The Morgan fingerprint density at radius 2 is 1.66 bits per heavy atom. The Balaban J connectivity index is 0.00000612. The van der Waals surface area contributed by atoms with E-state index in [2.05, 4.69) is 20.2 Å². The maximum Gasteiger partial charge on any atom is 0.282 e. The first-order valence-corrected chi connectivity index (χ1v) is 21.5. The van der Waals surface area contributed by atoms with Gasteiger partial charge in [-0.25, -0.2) is 44.1 Å². The second-order valence-electron chi connectivity index (χ2n) is 15.1. The average molecular weight is 944 g/mol. The van der Waals surface area contributed by atoms with Gasteiger partial charge in [-0.15, -0.1) is 0 Å². The van der Waals surface area contributed by atoms with Gasteiger partial charge in [-0.2, -0.15) is 10.2 Å². The van der Waals surface area contributed by atoms with Crippen molar-refractivity contribution in [3.63, 3.8) is 0 Å². The number of carbonyl (C=O) groups excluding carboxylic acids is 1. The highest BCUT2D eigenvalue weighted by Crippen LogP contribution is 2.38. The normalized spacial score (nSPS) is 15.5. The number of carbonyl (C=O) groups is 1. The molecular weight excluding hydrogens is 906 g/mol. The lowest BCUT2D eigenvalue weighted by molar-refractivity contribution is -0.122. The molecule has 0 spiro atoms. The maximum atomic E-state index is 15.1. The van der Waals surface area contributed by atoms with Gasteiger partial charge in [0.25, 0.3) is 18.4 Å². The molecule has 0 radical (unpaired) electrons. The zero-order valence-electron chi connectivity index (χ0n) is 33.5. The van der Waals surface area contributed by atoms with Crippen LogP contribution < -0.4 is 20.5 Å². The van der Waals surface area contributed by atoms with Gasteiger partial charge in [-0.05, 0) is 73.9 Å². The second kappa shape index (κ2) is 18.4. The predicted molar refractivity (Wildman–Crippen MR) is 220 cm³/mol. The maximum absolute atomic E-state index is 15.1. The third-order valence-corrected chi connectivity index (χ3v) is 12.7. The molecule has 24 heteroatoms. The minimum Gasteiger partial charge on any atom is -0.378 e. The lowest BCUT2D eigenvalue weighted by Gasteiger charge is -2.29. The zero-order valence-corrected chi connectivity index (χ0v) is 35.0. The molecule has 1 aliphatic heterocycles. The number of benzene rings is 3. The van der Waals surface area contributed by atoms with Crippen LogP contribution in [0.15, 0.2) is 59.4 Å². The van der Waals surface area contributed by atoms with Gasteiger partial charge in [0, 0.05) is 31.3 Å². The van der Waals surface area contributed by atoms with Crippen molar-refractivity contribution in [3.8, 4) is 5.69 Å². The molecule has 2 aliphatic rings. The summed E-state index contributed by atoms with van der Waals surface area (Å²) in [5.74, 6) is -3.72. The van der Waals surface area contributed by atoms with Crippen molar-refractivity contribution < 1.29 is 53.4 Å². The monoisotopic (exact) mass is 943 g/mol. The molecule has 1 saturated carbocycles. The summed E-state index contributed by atoms with van der Waals surface area (Å²) < 4.78 is 137. The minimum atomic E-state index is -4.05. The molecule has 2 N–H and O–H groups in total. The number of amides is 1. The number of hydrogen-bond donors (Lipinski definition) is 2. The molecule has 1 unspecified atom stereocenters. The first-order chi connectivity index (χ1) is 30.0. The lowest BCUT2D eigenvalue weighted by atomic mass is 10.0. The largest absolute Gasteiger partial charge is 0.378 e. The van der Waals surface area contributed by atoms with Crippen LogP contribution in [0.2, 0.25) is 5.02 Å². The highest BCUT2D eigenvalue weighted by atomic mass is 35.5. The molecule has 6 aromatic rings. The Labute approximate surface area is 363 Å². The number of sulfonamides is 1. The fraction of sp³-hybridized carbons (Fsp3) is 0.375.